The fourth-order valence-corrected chi connectivity index (χ4v) is 8.48. The van der Waals surface area contributed by atoms with Crippen molar-refractivity contribution in [3.05, 3.63) is 195 Å². The van der Waals surface area contributed by atoms with Gasteiger partial charge in [0.05, 0.1) is 44.5 Å². The van der Waals surface area contributed by atoms with Gasteiger partial charge in [-0.3, -0.25) is 4.79 Å². The third-order valence-corrected chi connectivity index (χ3v) is 11.9. The Kier molecular flexibility index (Phi) is 15.8. The first-order valence-corrected chi connectivity index (χ1v) is 21.4. The van der Waals surface area contributed by atoms with Gasteiger partial charge in [-0.25, -0.2) is 0 Å². The van der Waals surface area contributed by atoms with Crippen LogP contribution in [0.5, 0.6) is 0 Å². The minimum absolute atomic E-state index is 0.0862. The molecule has 0 amide bonds. The van der Waals surface area contributed by atoms with Crippen molar-refractivity contribution in [3.8, 4) is 0 Å². The van der Waals surface area contributed by atoms with Gasteiger partial charge in [-0.2, -0.15) is 132 Å². The Morgan fingerprint density at radius 1 is 0.364 bits per heavy atom. The van der Waals surface area contributed by atoms with Crippen LogP contribution >= 0.6 is 11.6 Å². The quantitative estimate of drug-likeness (QED) is 0.0674. The molecule has 7 aromatic rings. The molecule has 6 aromatic carbocycles. The topological polar surface area (TPSA) is 20.9 Å². The van der Waals surface area contributed by atoms with Gasteiger partial charge in [0.1, 0.15) is 6.15 Å². The smallest absolute Gasteiger partial charge is 0.287 e. The van der Waals surface area contributed by atoms with E-state index in [1.165, 1.54) is 0 Å². The minimum Gasteiger partial charge on any atom is -0.287 e. The SMILES string of the molecule is FC(F)(F)c1cc([B-](c2cc(C(F)(F)F)cc(C(F)(F)F)c2)(c2cc(C(F)(F)F)cc(C(F)(F)F)c2)c2cc(C(F)(F)F)cc(C(F)(F)F)c2)cc(C(F)(F)F)c1.O=C(C[n+]1cccc2ccc(Cl)cc21)c1ccccc1. The molecule has 2 nitrogen and oxygen atoms in total. The van der Waals surface area contributed by atoms with E-state index in [0.717, 1.165) is 16.5 Å². The van der Waals surface area contributed by atoms with Crippen molar-refractivity contribution >= 4 is 56.3 Å². The summed E-state index contributed by atoms with van der Waals surface area (Å²) in [5, 5.41) is 1.74. The summed E-state index contributed by atoms with van der Waals surface area (Å²) in [4.78, 5) is 12.3. The third kappa shape index (κ3) is 13.4. The molecule has 7 rings (SSSR count). The van der Waals surface area contributed by atoms with Gasteiger partial charge in [0, 0.05) is 28.1 Å². The van der Waals surface area contributed by atoms with E-state index in [1.807, 2.05) is 71.4 Å². The van der Waals surface area contributed by atoms with Gasteiger partial charge >= 0.3 is 49.4 Å². The van der Waals surface area contributed by atoms with Crippen LogP contribution < -0.4 is 26.4 Å². The van der Waals surface area contributed by atoms with Gasteiger partial charge in [-0.15, -0.1) is 0 Å². The van der Waals surface area contributed by atoms with Crippen LogP contribution in [0.3, 0.4) is 0 Å². The second kappa shape index (κ2) is 20.5. The van der Waals surface area contributed by atoms with Crippen molar-refractivity contribution in [3.63, 3.8) is 0 Å². The minimum atomic E-state index is -6.13. The first kappa shape index (κ1) is 59.3. The van der Waals surface area contributed by atoms with Gasteiger partial charge in [-0.05, 0) is 42.5 Å². The molecule has 0 aliphatic heterocycles. The molecular formula is C49H25BClF24NO. The summed E-state index contributed by atoms with van der Waals surface area (Å²) in [6.45, 7) is 0.307. The number of halogens is 25. The van der Waals surface area contributed by atoms with E-state index in [0.29, 0.717) is 11.6 Å². The predicted molar refractivity (Wildman–Crippen MR) is 230 cm³/mol. The Morgan fingerprint density at radius 2 is 0.649 bits per heavy atom. The molecule has 0 N–H and O–H groups in total. The average molecular weight is 1150 g/mol. The highest BCUT2D eigenvalue weighted by atomic mass is 35.5. The normalized spacial score (nSPS) is 13.4. The molecular weight excluding hydrogens is 1120 g/mol. The molecule has 0 saturated heterocycles. The Labute approximate surface area is 421 Å². The number of hydrogen-bond donors (Lipinski definition) is 0. The number of hydrogen-bond acceptors (Lipinski definition) is 1. The van der Waals surface area contributed by atoms with Crippen LogP contribution in [-0.4, -0.2) is 11.9 Å². The van der Waals surface area contributed by atoms with Crippen molar-refractivity contribution in [1.29, 1.82) is 0 Å². The molecule has 0 aliphatic rings. The van der Waals surface area contributed by atoms with E-state index in [4.69, 9.17) is 11.6 Å². The van der Waals surface area contributed by atoms with Crippen molar-refractivity contribution in [2.75, 3.05) is 0 Å². The Morgan fingerprint density at radius 3 is 0.922 bits per heavy atom. The predicted octanol–water partition coefficient (Wildman–Crippen LogP) is 14.9. The number of nitrogens with zero attached hydrogens (tertiary/aromatic N) is 1. The number of alkyl halides is 24. The zero-order chi connectivity index (χ0) is 57.9. The lowest BCUT2D eigenvalue weighted by Gasteiger charge is -2.46. The summed E-state index contributed by atoms with van der Waals surface area (Å²) in [7, 11) is 0. The number of ketones is 1. The highest BCUT2D eigenvalue weighted by molar-refractivity contribution is 7.20. The van der Waals surface area contributed by atoms with Gasteiger partial charge in [-0.1, -0.05) is 90.5 Å². The third-order valence-electron chi connectivity index (χ3n) is 11.7. The summed E-state index contributed by atoms with van der Waals surface area (Å²) >= 11 is 6.05. The van der Waals surface area contributed by atoms with Crippen LogP contribution in [-0.2, 0) is 56.0 Å². The van der Waals surface area contributed by atoms with Crippen LogP contribution in [0.25, 0.3) is 10.9 Å². The molecule has 0 spiro atoms. The van der Waals surface area contributed by atoms with E-state index in [9.17, 15) is 110 Å². The number of Topliss-reactive ketones (excluding diaryl/α,β-unsaturated/α-hetero) is 1. The van der Waals surface area contributed by atoms with E-state index < -0.39 is 195 Å². The molecule has 1 heterocycles. The largest absolute Gasteiger partial charge is 0.416 e. The second-order valence-corrected chi connectivity index (χ2v) is 17.3. The molecule has 410 valence electrons. The summed E-state index contributed by atoms with van der Waals surface area (Å²) in [6, 6.07) is 10.2. The lowest BCUT2D eigenvalue weighted by atomic mass is 9.12. The highest BCUT2D eigenvalue weighted by Gasteiger charge is 2.47. The van der Waals surface area contributed by atoms with Gasteiger partial charge in [0.25, 0.3) is 0 Å². The summed E-state index contributed by atoms with van der Waals surface area (Å²) in [6.07, 6.45) is -52.9. The molecule has 1 aromatic heterocycles. The average Bonchev–Trinajstić information content (AvgIpc) is 3.30. The fourth-order valence-electron chi connectivity index (χ4n) is 8.32. The van der Waals surface area contributed by atoms with Crippen LogP contribution in [0.2, 0.25) is 5.02 Å². The van der Waals surface area contributed by atoms with Crippen LogP contribution in [0.1, 0.15) is 54.9 Å². The molecule has 0 unspecified atom stereocenters. The summed E-state index contributed by atoms with van der Waals surface area (Å²) < 4.78 is 343. The molecule has 0 bridgehead atoms. The fraction of sp³-hybridized carbons (Fsp3) is 0.184. The van der Waals surface area contributed by atoms with Crippen molar-refractivity contribution in [2.45, 2.75) is 56.0 Å². The summed E-state index contributed by atoms with van der Waals surface area (Å²) in [5.74, 6) is 0.0862. The maximum Gasteiger partial charge on any atom is 0.416 e. The number of fused-ring (bicyclic) bond motifs is 1. The molecule has 77 heavy (non-hydrogen) atoms. The number of benzene rings is 6. The first-order valence-electron chi connectivity index (χ1n) is 21.0. The molecule has 0 radical (unpaired) electrons. The first-order chi connectivity index (χ1) is 35.0. The summed E-state index contributed by atoms with van der Waals surface area (Å²) in [5.41, 5.74) is -28.5. The van der Waals surface area contributed by atoms with Crippen molar-refractivity contribution in [2.24, 2.45) is 0 Å². The zero-order valence-electron chi connectivity index (χ0n) is 37.4. The van der Waals surface area contributed by atoms with Crippen molar-refractivity contribution in [1.82, 2.24) is 0 Å². The van der Waals surface area contributed by atoms with E-state index in [-0.39, 0.29) is 5.78 Å². The molecule has 0 atom stereocenters. The van der Waals surface area contributed by atoms with Gasteiger partial charge in [0.15, 0.2) is 6.20 Å². The highest BCUT2D eigenvalue weighted by Crippen LogP contribution is 2.41. The number of aromatic nitrogens is 1. The van der Waals surface area contributed by atoms with Gasteiger partial charge < -0.3 is 0 Å². The molecule has 0 aliphatic carbocycles. The lowest BCUT2D eigenvalue weighted by Crippen LogP contribution is -2.75. The Balaban J connectivity index is 0.000000397. The van der Waals surface area contributed by atoms with E-state index in [2.05, 4.69) is 0 Å². The van der Waals surface area contributed by atoms with Crippen LogP contribution in [0.15, 0.2) is 140 Å². The van der Waals surface area contributed by atoms with Crippen molar-refractivity contribution < 1.29 is 115 Å². The van der Waals surface area contributed by atoms with Gasteiger partial charge in [0.2, 0.25) is 17.8 Å². The monoisotopic (exact) mass is 1150 g/mol. The maximum atomic E-state index is 14.2. The number of carbonyl (C=O) groups is 1. The van der Waals surface area contributed by atoms with E-state index in [1.54, 1.807) is 0 Å². The Bertz CT molecular complexity index is 2870. The van der Waals surface area contributed by atoms with Crippen LogP contribution in [0, 0.1) is 0 Å². The standard InChI is InChI=1S/C32H12BF24.C17H13ClNO/c34-25(35,36)13-1-14(26(37,38)39)6-21(5-13)33(22-7-15(27(40,41)42)2-16(8-22)28(43,44)45,23-9-17(29(46,47)48)3-18(10-23)30(49,50)51)24-11-19(31(52,53)54)4-20(12-24)32(55,56)57;18-15-9-8-13-7-4-10-19(16(13)11-15)12-17(20)14-5-2-1-3-6-14/h1-12H;1-11H,12H2/q-1;+1. The van der Waals surface area contributed by atoms with E-state index >= 15 is 0 Å². The number of carbonyl (C=O) groups excluding carboxylic acids is 1. The zero-order valence-corrected chi connectivity index (χ0v) is 38.1. The molecule has 0 saturated carbocycles. The molecule has 0 fully saturated rings. The number of pyridine rings is 1. The second-order valence-electron chi connectivity index (χ2n) is 16.9. The Hall–Kier alpha value is -6.93. The maximum absolute atomic E-state index is 14.2. The van der Waals surface area contributed by atoms with Crippen LogP contribution in [0.4, 0.5) is 105 Å². The number of rotatable bonds is 7. The molecule has 28 heteroatoms. The lowest BCUT2D eigenvalue weighted by molar-refractivity contribution is -0.657.